The molecule has 0 aliphatic carbocycles. The van der Waals surface area contributed by atoms with E-state index in [1.807, 2.05) is 50.2 Å². The van der Waals surface area contributed by atoms with E-state index in [4.69, 9.17) is 16.3 Å². The maximum atomic E-state index is 5.78. The minimum atomic E-state index is 0.476. The van der Waals surface area contributed by atoms with Gasteiger partial charge in [-0.2, -0.15) is 0 Å². The first-order chi connectivity index (χ1) is 8.19. The molecule has 0 aliphatic heterocycles. The number of ether oxygens (including phenoxy) is 1. The van der Waals surface area contributed by atoms with Gasteiger partial charge in [0.15, 0.2) is 0 Å². The van der Waals surface area contributed by atoms with Crippen molar-refractivity contribution in [2.75, 3.05) is 0 Å². The number of rotatable bonds is 3. The Balaban J connectivity index is 2.19. The maximum Gasteiger partial charge on any atom is 0.219 e. The second kappa shape index (κ2) is 5.19. The van der Waals surface area contributed by atoms with Gasteiger partial charge in [0.25, 0.3) is 0 Å². The van der Waals surface area contributed by atoms with Crippen LogP contribution < -0.4 is 4.74 Å². The zero-order valence-corrected chi connectivity index (χ0v) is 10.7. The molecule has 0 amide bonds. The molecule has 1 aromatic carbocycles. The standard InChI is InChI=1S/C14H14ClNO/c1-10-3-6-13(7-4-10)17-14-8-5-12(9-15)11(2)16-14/h3-8H,9H2,1-2H3. The van der Waals surface area contributed by atoms with Crippen LogP contribution in [0.1, 0.15) is 16.8 Å². The Hall–Kier alpha value is -1.54. The van der Waals surface area contributed by atoms with Crippen molar-refractivity contribution < 1.29 is 4.74 Å². The van der Waals surface area contributed by atoms with Gasteiger partial charge >= 0.3 is 0 Å². The van der Waals surface area contributed by atoms with Gasteiger partial charge in [-0.25, -0.2) is 4.98 Å². The first kappa shape index (κ1) is 11.9. The third-order valence-electron chi connectivity index (χ3n) is 2.56. The first-order valence-corrected chi connectivity index (χ1v) is 5.99. The summed E-state index contributed by atoms with van der Waals surface area (Å²) in [5.74, 6) is 1.87. The highest BCUT2D eigenvalue weighted by molar-refractivity contribution is 6.17. The Kier molecular flexibility index (Phi) is 3.64. The number of hydrogen-bond donors (Lipinski definition) is 0. The van der Waals surface area contributed by atoms with Gasteiger partial charge in [0, 0.05) is 17.6 Å². The van der Waals surface area contributed by atoms with Gasteiger partial charge < -0.3 is 4.74 Å². The second-order valence-electron chi connectivity index (χ2n) is 3.94. The predicted octanol–water partition coefficient (Wildman–Crippen LogP) is 4.23. The molecule has 0 unspecified atom stereocenters. The molecule has 17 heavy (non-hydrogen) atoms. The van der Waals surface area contributed by atoms with Crippen molar-refractivity contribution >= 4 is 11.6 Å². The normalized spacial score (nSPS) is 10.3. The van der Waals surface area contributed by atoms with Crippen molar-refractivity contribution in [3.05, 3.63) is 53.2 Å². The van der Waals surface area contributed by atoms with Crippen LogP contribution in [0.5, 0.6) is 11.6 Å². The Bertz CT molecular complexity index is 508. The number of aryl methyl sites for hydroxylation is 2. The second-order valence-corrected chi connectivity index (χ2v) is 4.21. The molecule has 0 spiro atoms. The highest BCUT2D eigenvalue weighted by atomic mass is 35.5. The van der Waals surface area contributed by atoms with Crippen LogP contribution in [-0.2, 0) is 5.88 Å². The molecule has 0 bridgehead atoms. The monoisotopic (exact) mass is 247 g/mol. The largest absolute Gasteiger partial charge is 0.439 e. The predicted molar refractivity (Wildman–Crippen MR) is 69.8 cm³/mol. The summed E-state index contributed by atoms with van der Waals surface area (Å²) in [4.78, 5) is 4.36. The summed E-state index contributed by atoms with van der Waals surface area (Å²) in [5, 5.41) is 0. The minimum Gasteiger partial charge on any atom is -0.439 e. The van der Waals surface area contributed by atoms with Crippen molar-refractivity contribution in [2.24, 2.45) is 0 Å². The molecule has 2 rings (SSSR count). The van der Waals surface area contributed by atoms with Crippen LogP contribution in [0.3, 0.4) is 0 Å². The molecule has 1 aromatic heterocycles. The van der Waals surface area contributed by atoms with E-state index in [0.29, 0.717) is 11.8 Å². The van der Waals surface area contributed by atoms with E-state index < -0.39 is 0 Å². The number of hydrogen-bond acceptors (Lipinski definition) is 2. The van der Waals surface area contributed by atoms with E-state index in [1.54, 1.807) is 0 Å². The van der Waals surface area contributed by atoms with Gasteiger partial charge in [-0.1, -0.05) is 23.8 Å². The molecule has 2 nitrogen and oxygen atoms in total. The SMILES string of the molecule is Cc1ccc(Oc2ccc(CCl)c(C)n2)cc1. The van der Waals surface area contributed by atoms with E-state index in [-0.39, 0.29) is 0 Å². The molecule has 0 aliphatic rings. The number of pyridine rings is 1. The fourth-order valence-electron chi connectivity index (χ4n) is 1.49. The minimum absolute atomic E-state index is 0.476. The quantitative estimate of drug-likeness (QED) is 0.758. The summed E-state index contributed by atoms with van der Waals surface area (Å²) < 4.78 is 5.66. The molecule has 3 heteroatoms. The lowest BCUT2D eigenvalue weighted by molar-refractivity contribution is 0.461. The number of aromatic nitrogens is 1. The van der Waals surface area contributed by atoms with Crippen LogP contribution in [-0.4, -0.2) is 4.98 Å². The van der Waals surface area contributed by atoms with E-state index >= 15 is 0 Å². The molecule has 0 atom stereocenters. The fraction of sp³-hybridized carbons (Fsp3) is 0.214. The summed E-state index contributed by atoms with van der Waals surface area (Å²) >= 11 is 5.78. The zero-order valence-electron chi connectivity index (χ0n) is 9.90. The molecule has 0 saturated heterocycles. The molecular formula is C14H14ClNO. The topological polar surface area (TPSA) is 22.1 Å². The van der Waals surface area contributed by atoms with E-state index in [2.05, 4.69) is 4.98 Å². The van der Waals surface area contributed by atoms with E-state index in [0.717, 1.165) is 17.0 Å². The van der Waals surface area contributed by atoms with Crippen molar-refractivity contribution in [2.45, 2.75) is 19.7 Å². The number of benzene rings is 1. The summed E-state index contributed by atoms with van der Waals surface area (Å²) in [6.45, 7) is 3.97. The maximum absolute atomic E-state index is 5.78. The van der Waals surface area contributed by atoms with Crippen LogP contribution in [0.25, 0.3) is 0 Å². The van der Waals surface area contributed by atoms with Gasteiger partial charge in [0.2, 0.25) is 5.88 Å². The van der Waals surface area contributed by atoms with Crippen molar-refractivity contribution in [1.29, 1.82) is 0 Å². The highest BCUT2D eigenvalue weighted by Gasteiger charge is 2.02. The Labute approximate surface area is 106 Å². The average Bonchev–Trinajstić information content (AvgIpc) is 2.32. The molecule has 2 aromatic rings. The Morgan fingerprint density at radius 2 is 1.76 bits per heavy atom. The van der Waals surface area contributed by atoms with Crippen LogP contribution >= 0.6 is 11.6 Å². The molecule has 1 heterocycles. The Morgan fingerprint density at radius 3 is 2.35 bits per heavy atom. The van der Waals surface area contributed by atoms with Gasteiger partial charge in [-0.05, 0) is 31.5 Å². The average molecular weight is 248 g/mol. The van der Waals surface area contributed by atoms with Gasteiger partial charge in [0.1, 0.15) is 5.75 Å². The van der Waals surface area contributed by atoms with Crippen LogP contribution in [0, 0.1) is 13.8 Å². The van der Waals surface area contributed by atoms with Gasteiger partial charge in [-0.3, -0.25) is 0 Å². The third-order valence-corrected chi connectivity index (χ3v) is 2.85. The van der Waals surface area contributed by atoms with E-state index in [1.165, 1.54) is 5.56 Å². The lowest BCUT2D eigenvalue weighted by atomic mass is 10.2. The Morgan fingerprint density at radius 1 is 1.06 bits per heavy atom. The highest BCUT2D eigenvalue weighted by Crippen LogP contribution is 2.21. The lowest BCUT2D eigenvalue weighted by Crippen LogP contribution is -1.93. The third kappa shape index (κ3) is 2.98. The summed E-state index contributed by atoms with van der Waals surface area (Å²) in [5.41, 5.74) is 3.14. The zero-order chi connectivity index (χ0) is 12.3. The number of nitrogens with zero attached hydrogens (tertiary/aromatic N) is 1. The van der Waals surface area contributed by atoms with Crippen molar-refractivity contribution in [3.63, 3.8) is 0 Å². The smallest absolute Gasteiger partial charge is 0.219 e. The van der Waals surface area contributed by atoms with Gasteiger partial charge in [-0.15, -0.1) is 11.6 Å². The molecule has 0 N–H and O–H groups in total. The first-order valence-electron chi connectivity index (χ1n) is 5.46. The number of halogens is 1. The van der Waals surface area contributed by atoms with Crippen LogP contribution in [0.2, 0.25) is 0 Å². The summed E-state index contributed by atoms with van der Waals surface area (Å²) in [6, 6.07) is 11.7. The number of alkyl halides is 1. The molecule has 88 valence electrons. The van der Waals surface area contributed by atoms with Crippen LogP contribution in [0.15, 0.2) is 36.4 Å². The fourth-order valence-corrected chi connectivity index (χ4v) is 1.77. The van der Waals surface area contributed by atoms with Crippen molar-refractivity contribution in [1.82, 2.24) is 4.98 Å². The lowest BCUT2D eigenvalue weighted by Gasteiger charge is -2.07. The molecular weight excluding hydrogens is 234 g/mol. The van der Waals surface area contributed by atoms with E-state index in [9.17, 15) is 0 Å². The molecule has 0 radical (unpaired) electrons. The van der Waals surface area contributed by atoms with Crippen LogP contribution in [0.4, 0.5) is 0 Å². The molecule has 0 fully saturated rings. The summed E-state index contributed by atoms with van der Waals surface area (Å²) in [6.07, 6.45) is 0. The molecule has 0 saturated carbocycles. The summed E-state index contributed by atoms with van der Waals surface area (Å²) in [7, 11) is 0. The van der Waals surface area contributed by atoms with Crippen molar-refractivity contribution in [3.8, 4) is 11.6 Å². The van der Waals surface area contributed by atoms with Gasteiger partial charge in [0.05, 0.1) is 0 Å².